The number of nitrogens with zero attached hydrogens (tertiary/aromatic N) is 4. The molecule has 158 valence electrons. The van der Waals surface area contributed by atoms with Crippen LogP contribution in [0.15, 0.2) is 34.4 Å². The first kappa shape index (κ1) is 20.5. The molecule has 1 amide bonds. The van der Waals surface area contributed by atoms with Gasteiger partial charge in [0.15, 0.2) is 0 Å². The number of amides is 1. The highest BCUT2D eigenvalue weighted by molar-refractivity contribution is 7.13. The van der Waals surface area contributed by atoms with Gasteiger partial charge in [0, 0.05) is 43.7 Å². The van der Waals surface area contributed by atoms with Crippen LogP contribution < -0.4 is 5.56 Å². The zero-order valence-electron chi connectivity index (χ0n) is 17.4. The molecule has 30 heavy (non-hydrogen) atoms. The first-order valence-corrected chi connectivity index (χ1v) is 11.3. The van der Waals surface area contributed by atoms with E-state index in [2.05, 4.69) is 16.1 Å². The summed E-state index contributed by atoms with van der Waals surface area (Å²) < 4.78 is 1.96. The van der Waals surface area contributed by atoms with Crippen LogP contribution >= 0.6 is 11.3 Å². The van der Waals surface area contributed by atoms with Crippen molar-refractivity contribution in [1.29, 1.82) is 0 Å². The Balaban J connectivity index is 1.39. The van der Waals surface area contributed by atoms with E-state index in [4.69, 9.17) is 4.98 Å². The van der Waals surface area contributed by atoms with Crippen molar-refractivity contribution >= 4 is 17.2 Å². The standard InChI is InChI=1S/C22H27N5O2S/c1-15-12-16(2)27(25-15)10-4-8-21(29)26-9-3-6-17(14-26)22-23-18(13-20(28)24-22)19-7-5-11-30-19/h5,7,11-13,17H,3-4,6,8-10,14H2,1-2H3,(H,23,24,28). The Hall–Kier alpha value is -2.74. The van der Waals surface area contributed by atoms with E-state index >= 15 is 0 Å². The lowest BCUT2D eigenvalue weighted by Gasteiger charge is -2.32. The van der Waals surface area contributed by atoms with Crippen molar-refractivity contribution in [1.82, 2.24) is 24.6 Å². The Morgan fingerprint density at radius 1 is 1.33 bits per heavy atom. The highest BCUT2D eigenvalue weighted by Gasteiger charge is 2.26. The van der Waals surface area contributed by atoms with Crippen LogP contribution in [-0.2, 0) is 11.3 Å². The number of thiophene rings is 1. The molecule has 0 radical (unpaired) electrons. The molecule has 0 aromatic carbocycles. The number of aryl methyl sites for hydroxylation is 3. The van der Waals surface area contributed by atoms with Gasteiger partial charge in [-0.15, -0.1) is 11.3 Å². The highest BCUT2D eigenvalue weighted by atomic mass is 32.1. The zero-order valence-corrected chi connectivity index (χ0v) is 18.2. The van der Waals surface area contributed by atoms with E-state index in [1.54, 1.807) is 17.4 Å². The molecular weight excluding hydrogens is 398 g/mol. The molecule has 1 saturated heterocycles. The number of likely N-dealkylation sites (tertiary alicyclic amines) is 1. The maximum atomic E-state index is 12.8. The molecule has 4 heterocycles. The van der Waals surface area contributed by atoms with Crippen LogP contribution in [0.1, 0.15) is 48.8 Å². The molecule has 8 heteroatoms. The minimum Gasteiger partial charge on any atom is -0.342 e. The third-order valence-electron chi connectivity index (χ3n) is 5.56. The largest absolute Gasteiger partial charge is 0.342 e. The van der Waals surface area contributed by atoms with Gasteiger partial charge in [-0.2, -0.15) is 5.10 Å². The molecule has 0 bridgehead atoms. The molecule has 0 aliphatic carbocycles. The third-order valence-corrected chi connectivity index (χ3v) is 6.45. The van der Waals surface area contributed by atoms with Gasteiger partial charge in [-0.25, -0.2) is 4.98 Å². The van der Waals surface area contributed by atoms with Crippen LogP contribution in [0.25, 0.3) is 10.6 Å². The number of carbonyl (C=O) groups is 1. The van der Waals surface area contributed by atoms with E-state index in [-0.39, 0.29) is 17.4 Å². The van der Waals surface area contributed by atoms with Gasteiger partial charge < -0.3 is 9.88 Å². The number of H-pyrrole nitrogens is 1. The maximum Gasteiger partial charge on any atom is 0.251 e. The van der Waals surface area contributed by atoms with Gasteiger partial charge in [0.2, 0.25) is 5.91 Å². The Morgan fingerprint density at radius 3 is 2.93 bits per heavy atom. The summed E-state index contributed by atoms with van der Waals surface area (Å²) in [6.45, 7) is 6.14. The van der Waals surface area contributed by atoms with Crippen molar-refractivity contribution in [2.45, 2.75) is 52.0 Å². The summed E-state index contributed by atoms with van der Waals surface area (Å²) in [5.41, 5.74) is 2.69. The predicted molar refractivity (Wildman–Crippen MR) is 118 cm³/mol. The second kappa shape index (κ2) is 8.95. The molecule has 1 aliphatic rings. The van der Waals surface area contributed by atoms with Crippen LogP contribution in [0.3, 0.4) is 0 Å². The van der Waals surface area contributed by atoms with Crippen LogP contribution in [0.5, 0.6) is 0 Å². The zero-order chi connectivity index (χ0) is 21.1. The number of aromatic nitrogens is 4. The average Bonchev–Trinajstić information content (AvgIpc) is 3.37. The fraction of sp³-hybridized carbons (Fsp3) is 0.455. The van der Waals surface area contributed by atoms with E-state index in [1.165, 1.54) is 0 Å². The molecule has 1 unspecified atom stereocenters. The van der Waals surface area contributed by atoms with Gasteiger partial charge in [-0.1, -0.05) is 6.07 Å². The van der Waals surface area contributed by atoms with Crippen LogP contribution in [0, 0.1) is 13.8 Å². The summed E-state index contributed by atoms with van der Waals surface area (Å²) in [7, 11) is 0. The molecule has 1 aliphatic heterocycles. The predicted octanol–water partition coefficient (Wildman–Crippen LogP) is 3.50. The number of carbonyl (C=O) groups excluding carboxylic acids is 1. The minimum atomic E-state index is -0.142. The van der Waals surface area contributed by atoms with Crippen LogP contribution in [0.4, 0.5) is 0 Å². The quantitative estimate of drug-likeness (QED) is 0.655. The summed E-state index contributed by atoms with van der Waals surface area (Å²) in [6, 6.07) is 7.51. The SMILES string of the molecule is Cc1cc(C)n(CCCC(=O)N2CCCC(c3nc(-c4cccs4)cc(=O)[nH]3)C2)n1. The third kappa shape index (κ3) is 4.70. The van der Waals surface area contributed by atoms with Gasteiger partial charge in [0.05, 0.1) is 16.3 Å². The van der Waals surface area contributed by atoms with Gasteiger partial charge in [-0.3, -0.25) is 14.3 Å². The lowest BCUT2D eigenvalue weighted by Crippen LogP contribution is -2.39. The fourth-order valence-corrected chi connectivity index (χ4v) is 4.77. The molecule has 4 rings (SSSR count). The second-order valence-corrected chi connectivity index (χ2v) is 8.87. The number of piperidine rings is 1. The smallest absolute Gasteiger partial charge is 0.251 e. The number of hydrogen-bond donors (Lipinski definition) is 1. The van der Waals surface area contributed by atoms with E-state index in [0.717, 1.165) is 48.6 Å². The summed E-state index contributed by atoms with van der Waals surface area (Å²) in [5, 5.41) is 6.44. The van der Waals surface area contributed by atoms with Crippen molar-refractivity contribution in [3.63, 3.8) is 0 Å². The molecule has 7 nitrogen and oxygen atoms in total. The van der Waals surface area contributed by atoms with Crippen LogP contribution in [-0.4, -0.2) is 43.6 Å². The van der Waals surface area contributed by atoms with E-state index in [1.807, 2.05) is 40.9 Å². The lowest BCUT2D eigenvalue weighted by molar-refractivity contribution is -0.132. The average molecular weight is 426 g/mol. The molecule has 1 fully saturated rings. The number of nitrogens with one attached hydrogen (secondary N) is 1. The Labute approximate surface area is 179 Å². The molecule has 1 N–H and O–H groups in total. The molecule has 0 spiro atoms. The first-order valence-electron chi connectivity index (χ1n) is 10.4. The van der Waals surface area contributed by atoms with Gasteiger partial charge in [-0.05, 0) is 50.6 Å². The molecule has 3 aromatic rings. The van der Waals surface area contributed by atoms with Crippen molar-refractivity contribution in [2.24, 2.45) is 0 Å². The fourth-order valence-electron chi connectivity index (χ4n) is 4.09. The van der Waals surface area contributed by atoms with E-state index in [9.17, 15) is 9.59 Å². The lowest BCUT2D eigenvalue weighted by atomic mass is 9.96. The minimum absolute atomic E-state index is 0.0614. The van der Waals surface area contributed by atoms with Gasteiger partial charge >= 0.3 is 0 Å². The number of aromatic amines is 1. The van der Waals surface area contributed by atoms with Crippen LogP contribution in [0.2, 0.25) is 0 Å². The molecule has 3 aromatic heterocycles. The Morgan fingerprint density at radius 2 is 2.20 bits per heavy atom. The summed E-state index contributed by atoms with van der Waals surface area (Å²) >= 11 is 1.57. The van der Waals surface area contributed by atoms with Crippen molar-refractivity contribution in [2.75, 3.05) is 13.1 Å². The second-order valence-electron chi connectivity index (χ2n) is 7.93. The highest BCUT2D eigenvalue weighted by Crippen LogP contribution is 2.27. The van der Waals surface area contributed by atoms with Crippen molar-refractivity contribution in [3.8, 4) is 10.6 Å². The molecule has 0 saturated carbocycles. The number of rotatable bonds is 6. The van der Waals surface area contributed by atoms with Crippen molar-refractivity contribution < 1.29 is 4.79 Å². The summed E-state index contributed by atoms with van der Waals surface area (Å²) in [4.78, 5) is 35.5. The summed E-state index contributed by atoms with van der Waals surface area (Å²) in [6.07, 6.45) is 3.11. The van der Waals surface area contributed by atoms with Crippen molar-refractivity contribution in [3.05, 3.63) is 57.2 Å². The number of hydrogen-bond acceptors (Lipinski definition) is 5. The Kier molecular flexibility index (Phi) is 6.13. The van der Waals surface area contributed by atoms with E-state index in [0.29, 0.717) is 24.5 Å². The molecule has 1 atom stereocenters. The Bertz CT molecular complexity index is 1070. The molecular formula is C22H27N5O2S. The van der Waals surface area contributed by atoms with Gasteiger partial charge in [0.1, 0.15) is 5.82 Å². The van der Waals surface area contributed by atoms with Gasteiger partial charge in [0.25, 0.3) is 5.56 Å². The van der Waals surface area contributed by atoms with E-state index < -0.39 is 0 Å². The normalized spacial score (nSPS) is 16.7. The first-order chi connectivity index (χ1) is 14.5. The maximum absolute atomic E-state index is 12.8. The monoisotopic (exact) mass is 425 g/mol. The topological polar surface area (TPSA) is 83.9 Å². The summed E-state index contributed by atoms with van der Waals surface area (Å²) in [5.74, 6) is 0.912.